The minimum atomic E-state index is -4.50. The number of nitrogens with one attached hydrogen (secondary N) is 2. The zero-order valence-electron chi connectivity index (χ0n) is 17.2. The molecule has 9 heteroatoms. The lowest BCUT2D eigenvalue weighted by atomic mass is 10.1. The zero-order chi connectivity index (χ0) is 23.6. The molecule has 5 nitrogen and oxygen atoms in total. The summed E-state index contributed by atoms with van der Waals surface area (Å²) in [7, 11) is 1.52. The number of nitrogens with zero attached hydrogens (tertiary/aromatic N) is 1. The summed E-state index contributed by atoms with van der Waals surface area (Å²) in [5.41, 5.74) is 1.72. The largest absolute Gasteiger partial charge is 0.496 e. The van der Waals surface area contributed by atoms with Crippen molar-refractivity contribution < 1.29 is 22.7 Å². The number of benzene rings is 3. The molecule has 1 heterocycles. The zero-order valence-corrected chi connectivity index (χ0v) is 18.0. The summed E-state index contributed by atoms with van der Waals surface area (Å²) in [5, 5.41) is 6.26. The highest BCUT2D eigenvalue weighted by atomic mass is 35.5. The van der Waals surface area contributed by atoms with E-state index in [1.54, 1.807) is 36.4 Å². The van der Waals surface area contributed by atoms with Gasteiger partial charge >= 0.3 is 12.2 Å². The first kappa shape index (κ1) is 22.4. The summed E-state index contributed by atoms with van der Waals surface area (Å²) in [4.78, 5) is 17.0. The van der Waals surface area contributed by atoms with Gasteiger partial charge in [-0.05, 0) is 48.5 Å². The van der Waals surface area contributed by atoms with E-state index in [1.165, 1.54) is 19.2 Å². The van der Waals surface area contributed by atoms with E-state index in [-0.39, 0.29) is 5.69 Å². The summed E-state index contributed by atoms with van der Waals surface area (Å²) < 4.78 is 44.1. The molecular formula is C24H17ClF3N3O2. The molecule has 0 atom stereocenters. The second kappa shape index (κ2) is 8.99. The highest BCUT2D eigenvalue weighted by molar-refractivity contribution is 6.30. The molecule has 168 valence electrons. The molecule has 4 aromatic rings. The Balaban J connectivity index is 1.58. The van der Waals surface area contributed by atoms with Crippen LogP contribution in [0.5, 0.6) is 5.75 Å². The quantitative estimate of drug-likeness (QED) is 0.330. The van der Waals surface area contributed by atoms with Gasteiger partial charge in [-0.15, -0.1) is 0 Å². The number of urea groups is 1. The fourth-order valence-corrected chi connectivity index (χ4v) is 3.49. The van der Waals surface area contributed by atoms with Crippen LogP contribution in [0.4, 0.5) is 29.3 Å². The van der Waals surface area contributed by atoms with E-state index >= 15 is 0 Å². The Labute approximate surface area is 192 Å². The number of carbonyl (C=O) groups excluding carboxylic acids is 1. The molecule has 0 aliphatic rings. The van der Waals surface area contributed by atoms with Gasteiger partial charge in [0.2, 0.25) is 0 Å². The van der Waals surface area contributed by atoms with Crippen molar-refractivity contribution in [1.29, 1.82) is 0 Å². The van der Waals surface area contributed by atoms with Crippen LogP contribution >= 0.6 is 11.6 Å². The van der Waals surface area contributed by atoms with E-state index < -0.39 is 17.8 Å². The Bertz CT molecular complexity index is 1340. The van der Waals surface area contributed by atoms with Crippen molar-refractivity contribution in [3.63, 3.8) is 0 Å². The predicted molar refractivity (Wildman–Crippen MR) is 123 cm³/mol. The van der Waals surface area contributed by atoms with Crippen molar-refractivity contribution in [1.82, 2.24) is 4.98 Å². The Morgan fingerprint density at radius 1 is 0.939 bits per heavy atom. The van der Waals surface area contributed by atoms with Gasteiger partial charge in [0, 0.05) is 33.4 Å². The molecule has 1 aromatic heterocycles. The molecule has 0 saturated heterocycles. The summed E-state index contributed by atoms with van der Waals surface area (Å²) in [5.74, 6) is 0.539. The lowest BCUT2D eigenvalue weighted by Gasteiger charge is -2.13. The third kappa shape index (κ3) is 5.18. The molecule has 0 fully saturated rings. The first-order valence-corrected chi connectivity index (χ1v) is 10.1. The molecule has 0 saturated carbocycles. The number of pyridine rings is 1. The van der Waals surface area contributed by atoms with Crippen molar-refractivity contribution in [3.8, 4) is 17.0 Å². The van der Waals surface area contributed by atoms with Gasteiger partial charge in [0.15, 0.2) is 0 Å². The van der Waals surface area contributed by atoms with E-state index in [1.807, 2.05) is 12.1 Å². The van der Waals surface area contributed by atoms with Crippen LogP contribution in [0.2, 0.25) is 5.02 Å². The minimum Gasteiger partial charge on any atom is -0.496 e. The topological polar surface area (TPSA) is 63.2 Å². The van der Waals surface area contributed by atoms with Gasteiger partial charge < -0.3 is 15.4 Å². The molecule has 4 rings (SSSR count). The van der Waals surface area contributed by atoms with Gasteiger partial charge in [-0.25, -0.2) is 9.78 Å². The number of alkyl halides is 3. The van der Waals surface area contributed by atoms with Gasteiger partial charge in [-0.3, -0.25) is 0 Å². The maximum absolute atomic E-state index is 12.9. The number of hydrogen-bond donors (Lipinski definition) is 2. The number of carbonyl (C=O) groups is 1. The van der Waals surface area contributed by atoms with E-state index in [2.05, 4.69) is 15.6 Å². The number of hydrogen-bond acceptors (Lipinski definition) is 3. The third-order valence-electron chi connectivity index (χ3n) is 4.82. The Kier molecular flexibility index (Phi) is 6.11. The van der Waals surface area contributed by atoms with Crippen LogP contribution in [0.3, 0.4) is 0 Å². The average Bonchev–Trinajstić information content (AvgIpc) is 2.78. The summed E-state index contributed by atoms with van der Waals surface area (Å²) >= 11 is 6.08. The number of aromatic nitrogens is 1. The Morgan fingerprint density at radius 3 is 2.36 bits per heavy atom. The highest BCUT2D eigenvalue weighted by Crippen LogP contribution is 2.33. The first-order valence-electron chi connectivity index (χ1n) is 9.73. The van der Waals surface area contributed by atoms with E-state index in [0.29, 0.717) is 33.1 Å². The lowest BCUT2D eigenvalue weighted by molar-refractivity contribution is -0.137. The van der Waals surface area contributed by atoms with Crippen LogP contribution in [0.1, 0.15) is 5.56 Å². The van der Waals surface area contributed by atoms with Crippen molar-refractivity contribution in [2.45, 2.75) is 6.18 Å². The third-order valence-corrected chi connectivity index (χ3v) is 5.05. The maximum Gasteiger partial charge on any atom is 0.416 e. The number of halogens is 4. The molecule has 0 bridgehead atoms. The number of amides is 2. The summed E-state index contributed by atoms with van der Waals surface area (Å²) in [6.07, 6.45) is -4.50. The summed E-state index contributed by atoms with van der Waals surface area (Å²) in [6, 6.07) is 17.8. The van der Waals surface area contributed by atoms with Gasteiger partial charge in [-0.1, -0.05) is 29.8 Å². The van der Waals surface area contributed by atoms with Gasteiger partial charge in [0.05, 0.1) is 23.9 Å². The molecule has 0 unspecified atom stereocenters. The van der Waals surface area contributed by atoms with Crippen LogP contribution < -0.4 is 15.4 Å². The number of ether oxygens (including phenoxy) is 1. The monoisotopic (exact) mass is 471 g/mol. The van der Waals surface area contributed by atoms with Crippen molar-refractivity contribution >= 4 is 39.9 Å². The van der Waals surface area contributed by atoms with Crippen molar-refractivity contribution in [2.24, 2.45) is 0 Å². The minimum absolute atomic E-state index is 0.0218. The molecule has 33 heavy (non-hydrogen) atoms. The number of anilines is 2. The molecule has 0 radical (unpaired) electrons. The number of methoxy groups -OCH3 is 1. The molecule has 0 spiro atoms. The van der Waals surface area contributed by atoms with Crippen LogP contribution in [-0.2, 0) is 6.18 Å². The van der Waals surface area contributed by atoms with E-state index in [4.69, 9.17) is 16.3 Å². The normalized spacial score (nSPS) is 11.3. The van der Waals surface area contributed by atoms with Crippen molar-refractivity contribution in [3.05, 3.63) is 83.4 Å². The Morgan fingerprint density at radius 2 is 1.67 bits per heavy atom. The SMILES string of the molecule is COc1cc(-c2cccc(Cl)c2)nc2ccc(NC(=O)Nc3cccc(C(F)(F)F)c3)cc12. The number of rotatable bonds is 4. The highest BCUT2D eigenvalue weighted by Gasteiger charge is 2.30. The van der Waals surface area contributed by atoms with Crippen LogP contribution in [0.15, 0.2) is 72.8 Å². The second-order valence-electron chi connectivity index (χ2n) is 7.11. The molecule has 0 aliphatic heterocycles. The molecule has 0 aliphatic carbocycles. The average molecular weight is 472 g/mol. The van der Waals surface area contributed by atoms with E-state index in [9.17, 15) is 18.0 Å². The lowest BCUT2D eigenvalue weighted by Crippen LogP contribution is -2.19. The first-order chi connectivity index (χ1) is 15.7. The van der Waals surface area contributed by atoms with Gasteiger partial charge in [0.1, 0.15) is 5.75 Å². The fourth-order valence-electron chi connectivity index (χ4n) is 3.30. The predicted octanol–water partition coefficient (Wildman–Crippen LogP) is 7.23. The maximum atomic E-state index is 12.9. The van der Waals surface area contributed by atoms with Crippen LogP contribution in [0, 0.1) is 0 Å². The molecule has 3 aromatic carbocycles. The fraction of sp³-hybridized carbons (Fsp3) is 0.0833. The molecule has 2 amide bonds. The smallest absolute Gasteiger partial charge is 0.416 e. The standard InChI is InChI=1S/C24H17ClF3N3O2/c1-33-22-13-21(14-4-2-6-16(25)10-14)31-20-9-8-18(12-19(20)22)30-23(32)29-17-7-3-5-15(11-17)24(26,27)28/h2-13H,1H3,(H2,29,30,32). The second-order valence-corrected chi connectivity index (χ2v) is 7.55. The van der Waals surface area contributed by atoms with Gasteiger partial charge in [-0.2, -0.15) is 13.2 Å². The van der Waals surface area contributed by atoms with E-state index in [0.717, 1.165) is 17.7 Å². The summed E-state index contributed by atoms with van der Waals surface area (Å²) in [6.45, 7) is 0. The van der Waals surface area contributed by atoms with Crippen LogP contribution in [0.25, 0.3) is 22.2 Å². The van der Waals surface area contributed by atoms with Crippen molar-refractivity contribution in [2.75, 3.05) is 17.7 Å². The Hall–Kier alpha value is -3.78. The van der Waals surface area contributed by atoms with Gasteiger partial charge in [0.25, 0.3) is 0 Å². The van der Waals surface area contributed by atoms with Crippen LogP contribution in [-0.4, -0.2) is 18.1 Å². The number of fused-ring (bicyclic) bond motifs is 1. The molecular weight excluding hydrogens is 455 g/mol. The molecule has 2 N–H and O–H groups in total.